The maximum absolute atomic E-state index is 6.78. The number of nitrogens with zero attached hydrogens (tertiary/aromatic N) is 2. The normalized spacial score (nSPS) is 11.5. The second kappa shape index (κ2) is 12.4. The van der Waals surface area contributed by atoms with Crippen molar-refractivity contribution in [3.63, 3.8) is 0 Å². The van der Waals surface area contributed by atoms with Crippen molar-refractivity contribution in [2.24, 2.45) is 0 Å². The van der Waals surface area contributed by atoms with Gasteiger partial charge < -0.3 is 13.7 Å². The van der Waals surface area contributed by atoms with Gasteiger partial charge in [-0.2, -0.15) is 0 Å². The summed E-state index contributed by atoms with van der Waals surface area (Å²) in [6.07, 6.45) is 1.81. The molecule has 0 amide bonds. The molecular formula is C48H32N2O2. The van der Waals surface area contributed by atoms with Crippen LogP contribution >= 0.6 is 0 Å². The molecule has 0 atom stereocenters. The van der Waals surface area contributed by atoms with Gasteiger partial charge >= 0.3 is 0 Å². The molecule has 8 aromatic carbocycles. The van der Waals surface area contributed by atoms with Gasteiger partial charge in [0.2, 0.25) is 5.88 Å². The van der Waals surface area contributed by atoms with Crippen LogP contribution in [0.2, 0.25) is 0 Å². The smallest absolute Gasteiger partial charge is 0.205 e. The topological polar surface area (TPSA) is 32.8 Å². The van der Waals surface area contributed by atoms with Crippen molar-refractivity contribution in [2.75, 3.05) is 9.80 Å². The predicted octanol–water partition coefficient (Wildman–Crippen LogP) is 14.1. The molecule has 10 aromatic rings. The van der Waals surface area contributed by atoms with Crippen molar-refractivity contribution in [3.05, 3.63) is 194 Å². The molecule has 4 nitrogen and oxygen atoms in total. The molecule has 2 aromatic heterocycles. The Hall–Kier alpha value is -7.04. The number of anilines is 6. The van der Waals surface area contributed by atoms with E-state index in [9.17, 15) is 0 Å². The van der Waals surface area contributed by atoms with E-state index in [0.717, 1.165) is 78.2 Å². The quantitative estimate of drug-likeness (QED) is 0.169. The van der Waals surface area contributed by atoms with E-state index in [0.29, 0.717) is 0 Å². The van der Waals surface area contributed by atoms with Gasteiger partial charge in [0.05, 0.1) is 12.0 Å². The largest absolute Gasteiger partial charge is 0.462 e. The molecule has 52 heavy (non-hydrogen) atoms. The van der Waals surface area contributed by atoms with Crippen molar-refractivity contribution < 1.29 is 8.83 Å². The van der Waals surface area contributed by atoms with E-state index in [-0.39, 0.29) is 0 Å². The van der Waals surface area contributed by atoms with E-state index in [1.165, 1.54) is 10.8 Å². The van der Waals surface area contributed by atoms with Crippen LogP contribution in [0.25, 0.3) is 54.6 Å². The lowest BCUT2D eigenvalue weighted by Crippen LogP contribution is -2.12. The van der Waals surface area contributed by atoms with Crippen LogP contribution < -0.4 is 9.80 Å². The molecule has 0 bridgehead atoms. The third-order valence-corrected chi connectivity index (χ3v) is 9.88. The summed E-state index contributed by atoms with van der Waals surface area (Å²) < 4.78 is 13.4. The molecule has 0 N–H and O–H groups in total. The second-order valence-corrected chi connectivity index (χ2v) is 12.9. The van der Waals surface area contributed by atoms with Gasteiger partial charge in [0.25, 0.3) is 0 Å². The molecular weight excluding hydrogens is 637 g/mol. The number of hydrogen-bond donors (Lipinski definition) is 0. The summed E-state index contributed by atoms with van der Waals surface area (Å²) in [4.78, 5) is 4.50. The summed E-state index contributed by atoms with van der Waals surface area (Å²) in [5.74, 6) is 0.739. The highest BCUT2D eigenvalue weighted by molar-refractivity contribution is 6.28. The first-order chi connectivity index (χ1) is 25.8. The molecule has 4 heteroatoms. The molecule has 0 aliphatic carbocycles. The summed E-state index contributed by atoms with van der Waals surface area (Å²) >= 11 is 0. The highest BCUT2D eigenvalue weighted by Crippen LogP contribution is 2.52. The van der Waals surface area contributed by atoms with Crippen LogP contribution in [0.3, 0.4) is 0 Å². The van der Waals surface area contributed by atoms with Crippen LogP contribution in [0, 0.1) is 0 Å². The minimum absolute atomic E-state index is 0.739. The Bertz CT molecular complexity index is 2760. The number of benzene rings is 8. The van der Waals surface area contributed by atoms with Crippen LogP contribution in [0.5, 0.6) is 0 Å². The fraction of sp³-hybridized carbons (Fsp3) is 0. The minimum atomic E-state index is 0.739. The van der Waals surface area contributed by atoms with E-state index in [2.05, 4.69) is 186 Å². The lowest BCUT2D eigenvalue weighted by Gasteiger charge is -2.29. The molecule has 0 aliphatic rings. The molecule has 246 valence electrons. The lowest BCUT2D eigenvalue weighted by molar-refractivity contribution is 0.616. The number of para-hydroxylation sites is 4. The van der Waals surface area contributed by atoms with Gasteiger partial charge in [0.1, 0.15) is 5.58 Å². The molecule has 0 saturated carbocycles. The zero-order chi connectivity index (χ0) is 34.4. The van der Waals surface area contributed by atoms with Gasteiger partial charge in [-0.15, -0.1) is 0 Å². The van der Waals surface area contributed by atoms with Crippen LogP contribution in [-0.2, 0) is 0 Å². The zero-order valence-corrected chi connectivity index (χ0v) is 28.2. The Morgan fingerprint density at radius 3 is 1.58 bits per heavy atom. The average Bonchev–Trinajstić information content (AvgIpc) is 3.88. The van der Waals surface area contributed by atoms with Crippen LogP contribution in [0.1, 0.15) is 0 Å². The van der Waals surface area contributed by atoms with E-state index < -0.39 is 0 Å². The number of furan rings is 2. The van der Waals surface area contributed by atoms with Gasteiger partial charge in [0.15, 0.2) is 5.58 Å². The molecule has 0 aliphatic heterocycles. The first kappa shape index (κ1) is 29.8. The van der Waals surface area contributed by atoms with Crippen molar-refractivity contribution >= 4 is 77.8 Å². The summed E-state index contributed by atoms with van der Waals surface area (Å²) in [5.41, 5.74) is 8.91. The molecule has 2 heterocycles. The maximum atomic E-state index is 6.78. The minimum Gasteiger partial charge on any atom is -0.462 e. The summed E-state index contributed by atoms with van der Waals surface area (Å²) in [6, 6.07) is 65.7. The standard InChI is InChI=1S/C48H32N2O2/c1-5-17-36(18-6-1)49(37-19-7-2-8-20-37)44-32-42-43(52-44)28-27-40-45(35-26-25-33-15-13-14-16-34(33)31-35)47(48-41(46(40)42)29-30-51-48)50(38-21-9-3-10-22-38)39-23-11-4-12-24-39/h1-32H. The zero-order valence-electron chi connectivity index (χ0n) is 28.2. The van der Waals surface area contributed by atoms with Crippen molar-refractivity contribution in [1.29, 1.82) is 0 Å². The van der Waals surface area contributed by atoms with E-state index in [1.54, 1.807) is 0 Å². The monoisotopic (exact) mass is 668 g/mol. The highest BCUT2D eigenvalue weighted by Gasteiger charge is 2.27. The molecule has 0 radical (unpaired) electrons. The molecule has 0 saturated heterocycles. The number of rotatable bonds is 7. The number of fused-ring (bicyclic) bond motifs is 6. The first-order valence-electron chi connectivity index (χ1n) is 17.5. The molecule has 0 unspecified atom stereocenters. The second-order valence-electron chi connectivity index (χ2n) is 12.9. The summed E-state index contributed by atoms with van der Waals surface area (Å²) in [5, 5.41) is 6.62. The Morgan fingerprint density at radius 2 is 0.962 bits per heavy atom. The first-order valence-corrected chi connectivity index (χ1v) is 17.5. The molecule has 10 rings (SSSR count). The Labute approximate surface area is 301 Å². The SMILES string of the molecule is c1ccc(N(c2ccccc2)c2cc3c(ccc4c(-c5ccc6ccccc6c5)c(N(c5ccccc5)c5ccccc5)c5occc5c43)o2)cc1. The average molecular weight is 669 g/mol. The Morgan fingerprint density at radius 1 is 0.404 bits per heavy atom. The third kappa shape index (κ3) is 4.92. The van der Waals surface area contributed by atoms with Gasteiger partial charge in [-0.3, -0.25) is 4.90 Å². The van der Waals surface area contributed by atoms with E-state index in [4.69, 9.17) is 8.83 Å². The molecule has 0 fully saturated rings. The van der Waals surface area contributed by atoms with E-state index in [1.807, 2.05) is 18.4 Å². The third-order valence-electron chi connectivity index (χ3n) is 9.88. The summed E-state index contributed by atoms with van der Waals surface area (Å²) in [6.45, 7) is 0. The van der Waals surface area contributed by atoms with Gasteiger partial charge in [-0.05, 0) is 94.5 Å². The van der Waals surface area contributed by atoms with Crippen LogP contribution in [-0.4, -0.2) is 0 Å². The lowest BCUT2D eigenvalue weighted by atomic mass is 9.90. The predicted molar refractivity (Wildman–Crippen MR) is 216 cm³/mol. The fourth-order valence-corrected chi connectivity index (χ4v) is 7.61. The Kier molecular flexibility index (Phi) is 7.10. The Balaban J connectivity index is 1.32. The van der Waals surface area contributed by atoms with Gasteiger partial charge in [-0.1, -0.05) is 109 Å². The van der Waals surface area contributed by atoms with Crippen LogP contribution in [0.15, 0.2) is 203 Å². The number of hydrogen-bond acceptors (Lipinski definition) is 4. The van der Waals surface area contributed by atoms with Crippen LogP contribution in [0.4, 0.5) is 34.3 Å². The summed E-state index contributed by atoms with van der Waals surface area (Å²) in [7, 11) is 0. The van der Waals surface area contributed by atoms with Crippen molar-refractivity contribution in [3.8, 4) is 11.1 Å². The molecule has 0 spiro atoms. The van der Waals surface area contributed by atoms with Gasteiger partial charge in [0, 0.05) is 50.5 Å². The van der Waals surface area contributed by atoms with E-state index >= 15 is 0 Å². The maximum Gasteiger partial charge on any atom is 0.205 e. The highest BCUT2D eigenvalue weighted by atomic mass is 16.4. The van der Waals surface area contributed by atoms with Crippen molar-refractivity contribution in [2.45, 2.75) is 0 Å². The van der Waals surface area contributed by atoms with Gasteiger partial charge in [-0.25, -0.2) is 0 Å². The fourth-order valence-electron chi connectivity index (χ4n) is 7.61. The van der Waals surface area contributed by atoms with Crippen molar-refractivity contribution in [1.82, 2.24) is 0 Å².